The highest BCUT2D eigenvalue weighted by Crippen LogP contribution is 2.38. The number of ketones is 1. The molecule has 2 fully saturated rings. The largest absolute Gasteiger partial charge is 0.508 e. The molecule has 226 valence electrons. The van der Waals surface area contributed by atoms with Gasteiger partial charge in [-0.25, -0.2) is 9.80 Å². The van der Waals surface area contributed by atoms with Crippen molar-refractivity contribution < 1.29 is 19.5 Å². The molecule has 2 N–H and O–H groups in total. The smallest absolute Gasteiger partial charge is 0.332 e. The van der Waals surface area contributed by atoms with E-state index in [-0.39, 0.29) is 36.6 Å². The number of rotatable bonds is 8. The van der Waals surface area contributed by atoms with Crippen molar-refractivity contribution in [3.63, 3.8) is 0 Å². The number of fused-ring (bicyclic) bond motifs is 2. The molecule has 3 aromatic carbocycles. The highest BCUT2D eigenvalue weighted by atomic mass is 32.1. The van der Waals surface area contributed by atoms with Crippen molar-refractivity contribution in [2.45, 2.75) is 32.5 Å². The average Bonchev–Trinajstić information content (AvgIpc) is 3.41. The van der Waals surface area contributed by atoms with Gasteiger partial charge in [0.2, 0.25) is 5.91 Å². The number of hydrogen-bond donors (Lipinski definition) is 2. The van der Waals surface area contributed by atoms with E-state index in [0.29, 0.717) is 26.1 Å². The van der Waals surface area contributed by atoms with E-state index in [0.717, 1.165) is 26.8 Å². The topological polar surface area (TPSA) is 93.2 Å². The Balaban J connectivity index is 1.36. The minimum atomic E-state index is -0.669. The summed E-state index contributed by atoms with van der Waals surface area (Å²) in [5.74, 6) is -1.35. The summed E-state index contributed by atoms with van der Waals surface area (Å²) in [6.07, 6.45) is 2.01. The van der Waals surface area contributed by atoms with Crippen LogP contribution in [0.2, 0.25) is 0 Å². The van der Waals surface area contributed by atoms with E-state index in [2.05, 4.69) is 42.4 Å². The second-order valence-corrected chi connectivity index (χ2v) is 12.6. The quantitative estimate of drug-likeness (QED) is 0.265. The molecule has 3 heterocycles. The zero-order chi connectivity index (χ0) is 30.8. The van der Waals surface area contributed by atoms with Crippen molar-refractivity contribution in [3.8, 4) is 5.75 Å². The van der Waals surface area contributed by atoms with Gasteiger partial charge in [0, 0.05) is 30.9 Å². The lowest BCUT2D eigenvalue weighted by molar-refractivity contribution is -0.167. The third kappa shape index (κ3) is 5.98. The van der Waals surface area contributed by atoms with Crippen LogP contribution in [0, 0.1) is 18.8 Å². The maximum atomic E-state index is 14.3. The Labute approximate surface area is 261 Å². The molecule has 1 unspecified atom stereocenters. The number of nitrogens with zero attached hydrogens (tertiary/aromatic N) is 3. The van der Waals surface area contributed by atoms with Gasteiger partial charge in [0.05, 0.1) is 24.4 Å². The number of thiophene rings is 1. The van der Waals surface area contributed by atoms with Crippen molar-refractivity contribution in [3.05, 3.63) is 113 Å². The van der Waals surface area contributed by atoms with E-state index in [1.807, 2.05) is 35.2 Å². The van der Waals surface area contributed by atoms with E-state index in [4.69, 9.17) is 0 Å². The molecular formula is C35H36N4O4S. The fourth-order valence-corrected chi connectivity index (χ4v) is 7.57. The number of phenolic OH excluding ortho intramolecular Hbond substituents is 1. The van der Waals surface area contributed by atoms with Gasteiger partial charge in [-0.2, -0.15) is 0 Å². The number of carbonyl (C=O) groups is 3. The minimum absolute atomic E-state index is 0.0137. The van der Waals surface area contributed by atoms with Crippen molar-refractivity contribution in [2.24, 2.45) is 11.8 Å². The van der Waals surface area contributed by atoms with Gasteiger partial charge >= 0.3 is 6.03 Å². The van der Waals surface area contributed by atoms with Crippen molar-refractivity contribution in [1.29, 1.82) is 0 Å². The second kappa shape index (κ2) is 12.6. The Morgan fingerprint density at radius 2 is 1.84 bits per heavy atom. The van der Waals surface area contributed by atoms with Crippen molar-refractivity contribution in [2.75, 3.05) is 19.6 Å². The number of piperidine rings is 1. The number of nitrogens with one attached hydrogen (secondary N) is 1. The molecule has 2 saturated heterocycles. The number of aromatic hydroxyl groups is 1. The molecule has 44 heavy (non-hydrogen) atoms. The third-order valence-corrected chi connectivity index (χ3v) is 9.61. The van der Waals surface area contributed by atoms with E-state index >= 15 is 0 Å². The first-order valence-electron chi connectivity index (χ1n) is 14.8. The van der Waals surface area contributed by atoms with E-state index in [9.17, 15) is 19.5 Å². The maximum absolute atomic E-state index is 14.3. The van der Waals surface area contributed by atoms with Crippen LogP contribution in [0.1, 0.15) is 22.3 Å². The summed E-state index contributed by atoms with van der Waals surface area (Å²) < 4.78 is 1.16. The summed E-state index contributed by atoms with van der Waals surface area (Å²) in [6, 6.07) is 21.9. The Hall–Kier alpha value is -4.47. The summed E-state index contributed by atoms with van der Waals surface area (Å²) in [5.41, 5.74) is 4.04. The molecule has 2 aliphatic heterocycles. The second-order valence-electron chi connectivity index (χ2n) is 11.6. The van der Waals surface area contributed by atoms with Crippen LogP contribution in [0.5, 0.6) is 5.75 Å². The van der Waals surface area contributed by atoms with Crippen molar-refractivity contribution >= 4 is 39.1 Å². The molecule has 0 spiro atoms. The summed E-state index contributed by atoms with van der Waals surface area (Å²) in [7, 11) is 0. The van der Waals surface area contributed by atoms with Crippen LogP contribution in [0.3, 0.4) is 0 Å². The lowest BCUT2D eigenvalue weighted by Crippen LogP contribution is -2.71. The molecule has 4 aromatic rings. The molecule has 0 saturated carbocycles. The molecule has 8 nitrogen and oxygen atoms in total. The van der Waals surface area contributed by atoms with Crippen LogP contribution in [-0.4, -0.2) is 63.4 Å². The highest BCUT2D eigenvalue weighted by molar-refractivity contribution is 7.17. The summed E-state index contributed by atoms with van der Waals surface area (Å²) in [6.45, 7) is 7.21. The fourth-order valence-electron chi connectivity index (χ4n) is 6.52. The Bertz CT molecular complexity index is 1690. The Morgan fingerprint density at radius 1 is 1.07 bits per heavy atom. The molecule has 1 aromatic heterocycles. The van der Waals surface area contributed by atoms with E-state index in [1.54, 1.807) is 51.7 Å². The molecule has 6 rings (SSSR count). The predicted octanol–water partition coefficient (Wildman–Crippen LogP) is 5.30. The van der Waals surface area contributed by atoms with E-state index < -0.39 is 17.9 Å². The van der Waals surface area contributed by atoms with Gasteiger partial charge in [-0.15, -0.1) is 17.9 Å². The lowest BCUT2D eigenvalue weighted by Gasteiger charge is -2.52. The zero-order valence-corrected chi connectivity index (χ0v) is 25.5. The number of hydrazine groups is 1. The Morgan fingerprint density at radius 3 is 2.59 bits per heavy atom. The van der Waals surface area contributed by atoms with Gasteiger partial charge in [-0.05, 0) is 64.6 Å². The molecule has 0 radical (unpaired) electrons. The molecule has 9 heteroatoms. The van der Waals surface area contributed by atoms with Crippen LogP contribution in [0.15, 0.2) is 90.8 Å². The van der Waals surface area contributed by atoms with Gasteiger partial charge in [0.25, 0.3) is 0 Å². The highest BCUT2D eigenvalue weighted by Gasteiger charge is 2.53. The number of urea groups is 1. The van der Waals surface area contributed by atoms with Crippen molar-refractivity contribution in [1.82, 2.24) is 20.2 Å². The SMILES string of the molecule is C=CCN1CC(=O)C2[C@@H](Cc3ccc(O)cc3)C(=O)N(Cc3csc4cc(C)ccc34)C[C@@H]2N1C(=O)NCc1ccccc1. The van der Waals surface area contributed by atoms with Crippen LogP contribution >= 0.6 is 11.3 Å². The third-order valence-electron chi connectivity index (χ3n) is 8.61. The fraction of sp³-hybridized carbons (Fsp3) is 0.286. The van der Waals surface area contributed by atoms with Gasteiger partial charge in [0.15, 0.2) is 5.78 Å². The number of benzene rings is 3. The van der Waals surface area contributed by atoms with Gasteiger partial charge < -0.3 is 15.3 Å². The van der Waals surface area contributed by atoms with Crippen LogP contribution < -0.4 is 5.32 Å². The minimum Gasteiger partial charge on any atom is -0.508 e. The number of hydrogen-bond acceptors (Lipinski definition) is 6. The zero-order valence-electron chi connectivity index (χ0n) is 24.7. The number of Topliss-reactive ketones (excluding diaryl/α,β-unsaturated/α-hetero) is 1. The standard InChI is InChI=1S/C35H36N4O4S/c1-3-15-38-21-31(41)33-29(17-24-10-12-27(40)13-11-24)34(42)37(19-26-22-44-32-16-23(2)9-14-28(26)32)20-30(33)39(38)35(43)36-18-25-7-5-4-6-8-25/h3-14,16,22,29-30,33,40H,1,15,17-21H2,2H3,(H,36,43)/t29-,30+,33?/m1/s1. The summed E-state index contributed by atoms with van der Waals surface area (Å²) in [4.78, 5) is 43.9. The van der Waals surface area contributed by atoms with Gasteiger partial charge in [-0.1, -0.05) is 60.7 Å². The van der Waals surface area contributed by atoms with Gasteiger partial charge in [-0.3, -0.25) is 14.6 Å². The molecule has 2 aliphatic rings. The monoisotopic (exact) mass is 608 g/mol. The first-order valence-corrected chi connectivity index (χ1v) is 15.7. The lowest BCUT2D eigenvalue weighted by atomic mass is 9.74. The number of carbonyl (C=O) groups excluding carboxylic acids is 3. The normalized spacial score (nSPS) is 20.5. The molecule has 3 amide bonds. The number of phenols is 1. The Kier molecular flexibility index (Phi) is 8.50. The molecular weight excluding hydrogens is 572 g/mol. The van der Waals surface area contributed by atoms with E-state index in [1.165, 1.54) is 5.56 Å². The number of amides is 3. The first-order chi connectivity index (χ1) is 21.3. The molecule has 3 atom stereocenters. The summed E-state index contributed by atoms with van der Waals surface area (Å²) in [5, 5.41) is 19.5. The average molecular weight is 609 g/mol. The maximum Gasteiger partial charge on any atom is 0.332 e. The van der Waals surface area contributed by atoms with Gasteiger partial charge in [0.1, 0.15) is 5.75 Å². The number of aryl methyl sites for hydroxylation is 1. The van der Waals surface area contributed by atoms with Crippen LogP contribution in [-0.2, 0) is 29.1 Å². The molecule has 0 aliphatic carbocycles. The number of likely N-dealkylation sites (tertiary alicyclic amines) is 1. The molecule has 0 bridgehead atoms. The van der Waals surface area contributed by atoms with Crippen LogP contribution in [0.25, 0.3) is 10.1 Å². The summed E-state index contributed by atoms with van der Waals surface area (Å²) >= 11 is 1.65. The predicted molar refractivity (Wildman–Crippen MR) is 172 cm³/mol. The first kappa shape index (κ1) is 29.6. The van der Waals surface area contributed by atoms with Crippen LogP contribution in [0.4, 0.5) is 4.79 Å².